The van der Waals surface area contributed by atoms with Crippen LogP contribution in [0.3, 0.4) is 0 Å². The van der Waals surface area contributed by atoms with Gasteiger partial charge in [0.05, 0.1) is 4.90 Å². The van der Waals surface area contributed by atoms with E-state index in [4.69, 9.17) is 11.6 Å². The molecule has 0 saturated heterocycles. The first kappa shape index (κ1) is 18.3. The van der Waals surface area contributed by atoms with E-state index in [0.29, 0.717) is 22.2 Å². The number of hydrogen-bond donors (Lipinski definition) is 2. The highest BCUT2D eigenvalue weighted by Crippen LogP contribution is 2.44. The van der Waals surface area contributed by atoms with Crippen LogP contribution in [0.2, 0.25) is 5.02 Å². The fraction of sp³-hybridized carbons (Fsp3) is 0.350. The largest absolute Gasteiger partial charge is 0.349 e. The smallest absolute Gasteiger partial charge is 0.261 e. The molecule has 2 fully saturated rings. The van der Waals surface area contributed by atoms with Crippen LogP contribution in [0.5, 0.6) is 0 Å². The fourth-order valence-electron chi connectivity index (χ4n) is 4.22. The molecule has 7 heteroatoms. The van der Waals surface area contributed by atoms with E-state index in [1.807, 2.05) is 0 Å². The summed E-state index contributed by atoms with van der Waals surface area (Å²) in [5, 5.41) is 3.59. The number of carbonyl (C=O) groups is 1. The summed E-state index contributed by atoms with van der Waals surface area (Å²) < 4.78 is 27.5. The normalized spacial score (nSPS) is 24.0. The Labute approximate surface area is 164 Å². The predicted octanol–water partition coefficient (Wildman–Crippen LogP) is 4.06. The van der Waals surface area contributed by atoms with Crippen molar-refractivity contribution in [3.63, 3.8) is 0 Å². The Morgan fingerprint density at radius 1 is 1.04 bits per heavy atom. The third-order valence-electron chi connectivity index (χ3n) is 5.56. The van der Waals surface area contributed by atoms with Gasteiger partial charge in [0.25, 0.3) is 15.9 Å². The van der Waals surface area contributed by atoms with Crippen LogP contribution >= 0.6 is 11.6 Å². The molecular weight excluding hydrogens is 384 g/mol. The van der Waals surface area contributed by atoms with E-state index in [9.17, 15) is 13.2 Å². The number of carbonyl (C=O) groups excluding carboxylic acids is 1. The van der Waals surface area contributed by atoms with Gasteiger partial charge >= 0.3 is 0 Å². The van der Waals surface area contributed by atoms with Gasteiger partial charge in [-0.3, -0.25) is 9.52 Å². The van der Waals surface area contributed by atoms with Crippen molar-refractivity contribution >= 4 is 33.2 Å². The molecule has 0 aromatic heterocycles. The van der Waals surface area contributed by atoms with Gasteiger partial charge < -0.3 is 5.32 Å². The number of sulfonamides is 1. The Morgan fingerprint density at radius 3 is 2.48 bits per heavy atom. The summed E-state index contributed by atoms with van der Waals surface area (Å²) in [7, 11) is -3.74. The minimum Gasteiger partial charge on any atom is -0.349 e. The molecule has 0 unspecified atom stereocenters. The monoisotopic (exact) mass is 404 g/mol. The van der Waals surface area contributed by atoms with Gasteiger partial charge in [-0.05, 0) is 73.6 Å². The van der Waals surface area contributed by atoms with Gasteiger partial charge in [0.1, 0.15) is 0 Å². The molecule has 142 valence electrons. The Bertz CT molecular complexity index is 959. The lowest BCUT2D eigenvalue weighted by molar-refractivity contribution is 0.0923. The van der Waals surface area contributed by atoms with Gasteiger partial charge in [-0.2, -0.15) is 0 Å². The summed E-state index contributed by atoms with van der Waals surface area (Å²) in [5.74, 6) is 1.18. The SMILES string of the molecule is O=C(N[C@H]1C[C@@H]2CC[C@@H]1C2)c1cccc(NS(=O)(=O)c2ccc(Cl)cc2)c1. The second kappa shape index (κ2) is 7.17. The zero-order chi connectivity index (χ0) is 19.0. The van der Waals surface area contributed by atoms with Gasteiger partial charge in [0.15, 0.2) is 0 Å². The summed E-state index contributed by atoms with van der Waals surface area (Å²) in [6, 6.07) is 12.7. The third-order valence-corrected chi connectivity index (χ3v) is 7.20. The van der Waals surface area contributed by atoms with Crippen LogP contribution in [0.1, 0.15) is 36.0 Å². The number of anilines is 1. The second-order valence-corrected chi connectivity index (χ2v) is 9.51. The molecule has 2 N–H and O–H groups in total. The maximum Gasteiger partial charge on any atom is 0.261 e. The van der Waals surface area contributed by atoms with Gasteiger partial charge in [0.2, 0.25) is 0 Å². The Kier molecular flexibility index (Phi) is 4.86. The predicted molar refractivity (Wildman–Crippen MR) is 105 cm³/mol. The molecule has 2 aliphatic carbocycles. The van der Waals surface area contributed by atoms with Crippen LogP contribution in [0.15, 0.2) is 53.4 Å². The molecule has 5 nitrogen and oxygen atoms in total. The van der Waals surface area contributed by atoms with E-state index in [0.717, 1.165) is 12.3 Å². The number of fused-ring (bicyclic) bond motifs is 2. The molecule has 0 aliphatic heterocycles. The lowest BCUT2D eigenvalue weighted by Crippen LogP contribution is -2.38. The fourth-order valence-corrected chi connectivity index (χ4v) is 5.40. The van der Waals surface area contributed by atoms with Crippen LogP contribution in [0.4, 0.5) is 5.69 Å². The second-order valence-electron chi connectivity index (χ2n) is 7.40. The van der Waals surface area contributed by atoms with Gasteiger partial charge in [-0.15, -0.1) is 0 Å². The summed E-state index contributed by atoms with van der Waals surface area (Å²) in [5.41, 5.74) is 0.805. The highest BCUT2D eigenvalue weighted by Gasteiger charge is 2.40. The summed E-state index contributed by atoms with van der Waals surface area (Å²) in [6.07, 6.45) is 4.74. The van der Waals surface area contributed by atoms with Gasteiger partial charge in [-0.25, -0.2) is 8.42 Å². The minimum atomic E-state index is -3.74. The summed E-state index contributed by atoms with van der Waals surface area (Å²) in [6.45, 7) is 0. The summed E-state index contributed by atoms with van der Waals surface area (Å²) >= 11 is 5.81. The number of halogens is 1. The first-order valence-electron chi connectivity index (χ1n) is 9.10. The lowest BCUT2D eigenvalue weighted by Gasteiger charge is -2.23. The van der Waals surface area contributed by atoms with E-state index in [-0.39, 0.29) is 16.8 Å². The van der Waals surface area contributed by atoms with E-state index in [1.165, 1.54) is 43.5 Å². The van der Waals surface area contributed by atoms with Crippen molar-refractivity contribution in [2.45, 2.75) is 36.6 Å². The molecule has 2 saturated carbocycles. The molecule has 1 amide bonds. The standard InChI is InChI=1S/C20H21ClN2O3S/c21-16-6-8-18(9-7-16)27(25,26)23-17-3-1-2-15(12-17)20(24)22-19-11-13-4-5-14(19)10-13/h1-3,6-9,12-14,19,23H,4-5,10-11H2,(H,22,24)/t13-,14-,19+/m1/s1. The van der Waals surface area contributed by atoms with Crippen LogP contribution in [0, 0.1) is 11.8 Å². The molecule has 0 heterocycles. The van der Waals surface area contributed by atoms with Crippen molar-refractivity contribution in [3.8, 4) is 0 Å². The molecule has 3 atom stereocenters. The van der Waals surface area contributed by atoms with Crippen molar-refractivity contribution < 1.29 is 13.2 Å². The molecule has 2 aliphatic rings. The third kappa shape index (κ3) is 3.96. The molecular formula is C20H21ClN2O3S. The topological polar surface area (TPSA) is 75.3 Å². The number of hydrogen-bond acceptors (Lipinski definition) is 3. The number of benzene rings is 2. The number of rotatable bonds is 5. The van der Waals surface area contributed by atoms with Gasteiger partial charge in [0, 0.05) is 22.3 Å². The van der Waals surface area contributed by atoms with E-state index in [1.54, 1.807) is 24.3 Å². The van der Waals surface area contributed by atoms with Crippen molar-refractivity contribution in [1.82, 2.24) is 5.32 Å². The number of nitrogens with one attached hydrogen (secondary N) is 2. The van der Waals surface area contributed by atoms with Crippen LogP contribution in [-0.2, 0) is 10.0 Å². The lowest BCUT2D eigenvalue weighted by atomic mass is 9.95. The maximum atomic E-state index is 12.6. The Balaban J connectivity index is 1.47. The highest BCUT2D eigenvalue weighted by atomic mass is 35.5. The molecule has 2 bridgehead atoms. The molecule has 0 spiro atoms. The van der Waals surface area contributed by atoms with E-state index in [2.05, 4.69) is 10.0 Å². The van der Waals surface area contributed by atoms with Crippen molar-refractivity contribution in [2.75, 3.05) is 4.72 Å². The molecule has 4 rings (SSSR count). The Hall–Kier alpha value is -2.05. The average molecular weight is 405 g/mol. The average Bonchev–Trinajstić information content (AvgIpc) is 3.25. The van der Waals surface area contributed by atoms with E-state index >= 15 is 0 Å². The van der Waals surface area contributed by atoms with E-state index < -0.39 is 10.0 Å². The molecule has 2 aromatic rings. The maximum absolute atomic E-state index is 12.6. The van der Waals surface area contributed by atoms with Crippen LogP contribution < -0.4 is 10.0 Å². The van der Waals surface area contributed by atoms with Crippen LogP contribution in [-0.4, -0.2) is 20.4 Å². The van der Waals surface area contributed by atoms with Crippen LogP contribution in [0.25, 0.3) is 0 Å². The quantitative estimate of drug-likeness (QED) is 0.789. The van der Waals surface area contributed by atoms with Gasteiger partial charge in [-0.1, -0.05) is 24.1 Å². The molecule has 0 radical (unpaired) electrons. The number of amides is 1. The van der Waals surface area contributed by atoms with Crippen molar-refractivity contribution in [2.24, 2.45) is 11.8 Å². The zero-order valence-corrected chi connectivity index (χ0v) is 16.3. The first-order chi connectivity index (χ1) is 12.9. The first-order valence-corrected chi connectivity index (χ1v) is 11.0. The van der Waals surface area contributed by atoms with Crippen molar-refractivity contribution in [3.05, 3.63) is 59.1 Å². The zero-order valence-electron chi connectivity index (χ0n) is 14.7. The van der Waals surface area contributed by atoms with Crippen molar-refractivity contribution in [1.29, 1.82) is 0 Å². The molecule has 27 heavy (non-hydrogen) atoms. The summed E-state index contributed by atoms with van der Waals surface area (Å²) in [4.78, 5) is 12.7. The Morgan fingerprint density at radius 2 is 1.81 bits per heavy atom. The highest BCUT2D eigenvalue weighted by molar-refractivity contribution is 7.92. The molecule has 2 aromatic carbocycles. The minimum absolute atomic E-state index is 0.115.